The van der Waals surface area contributed by atoms with E-state index in [0.717, 1.165) is 0 Å². The van der Waals surface area contributed by atoms with Crippen molar-refractivity contribution in [3.05, 3.63) is 0 Å². The van der Waals surface area contributed by atoms with Crippen molar-refractivity contribution in [1.29, 1.82) is 0 Å². The molecule has 0 aliphatic carbocycles. The number of hydrogen-bond donors (Lipinski definition) is 2. The number of nitrogens with two attached hydrogens (primary N) is 1. The molecule has 1 atom stereocenters. The van der Waals surface area contributed by atoms with Crippen LogP contribution in [0.2, 0.25) is 0 Å². The summed E-state index contributed by atoms with van der Waals surface area (Å²) in [5, 5.41) is 2.72. The molecule has 0 aromatic rings. The van der Waals surface area contributed by atoms with Crippen molar-refractivity contribution in [2.24, 2.45) is 17.6 Å². The monoisotopic (exact) mass is 186 g/mol. The second kappa shape index (κ2) is 5.56. The van der Waals surface area contributed by atoms with E-state index in [1.54, 1.807) is 6.92 Å². The summed E-state index contributed by atoms with van der Waals surface area (Å²) in [5.74, 6) is -0.494. The molecule has 0 aromatic heterocycles. The van der Waals surface area contributed by atoms with Crippen molar-refractivity contribution in [2.75, 3.05) is 6.54 Å². The zero-order valence-corrected chi connectivity index (χ0v) is 8.46. The van der Waals surface area contributed by atoms with Gasteiger partial charge in [-0.2, -0.15) is 0 Å². The number of amides is 2. The summed E-state index contributed by atoms with van der Waals surface area (Å²) in [4.78, 5) is 21.7. The zero-order chi connectivity index (χ0) is 10.4. The van der Waals surface area contributed by atoms with Gasteiger partial charge < -0.3 is 11.1 Å². The molecule has 2 amide bonds. The maximum absolute atomic E-state index is 11.1. The maximum atomic E-state index is 11.1. The largest absolute Gasteiger partial charge is 0.369 e. The van der Waals surface area contributed by atoms with Gasteiger partial charge in [0.1, 0.15) is 0 Å². The van der Waals surface area contributed by atoms with E-state index in [4.69, 9.17) is 5.73 Å². The fraction of sp³-hybridized carbons (Fsp3) is 0.778. The molecule has 13 heavy (non-hydrogen) atoms. The Hall–Kier alpha value is -1.06. The van der Waals surface area contributed by atoms with Gasteiger partial charge in [0, 0.05) is 18.4 Å². The van der Waals surface area contributed by atoms with Gasteiger partial charge in [0.2, 0.25) is 11.8 Å². The average molecular weight is 186 g/mol. The second-order valence-corrected chi connectivity index (χ2v) is 3.54. The summed E-state index contributed by atoms with van der Waals surface area (Å²) in [7, 11) is 0. The lowest BCUT2D eigenvalue weighted by Crippen LogP contribution is -2.31. The minimum Gasteiger partial charge on any atom is -0.369 e. The highest BCUT2D eigenvalue weighted by molar-refractivity contribution is 5.78. The molecule has 0 bridgehead atoms. The molecular weight excluding hydrogens is 168 g/mol. The summed E-state index contributed by atoms with van der Waals surface area (Å²) in [6, 6.07) is 0. The summed E-state index contributed by atoms with van der Waals surface area (Å²) in [6.07, 6.45) is 0.605. The first-order valence-electron chi connectivity index (χ1n) is 4.52. The van der Waals surface area contributed by atoms with Gasteiger partial charge in [-0.15, -0.1) is 0 Å². The molecule has 0 rings (SSSR count). The minimum atomic E-state index is -0.321. The van der Waals surface area contributed by atoms with Crippen LogP contribution in [0.4, 0.5) is 0 Å². The molecule has 3 N–H and O–H groups in total. The van der Waals surface area contributed by atoms with Gasteiger partial charge in [-0.3, -0.25) is 9.59 Å². The molecule has 0 aromatic carbocycles. The van der Waals surface area contributed by atoms with Crippen molar-refractivity contribution in [1.82, 2.24) is 5.32 Å². The van der Waals surface area contributed by atoms with Gasteiger partial charge in [0.25, 0.3) is 0 Å². The lowest BCUT2D eigenvalue weighted by Gasteiger charge is -2.09. The zero-order valence-electron chi connectivity index (χ0n) is 8.46. The number of nitrogens with one attached hydrogen (secondary N) is 1. The lowest BCUT2D eigenvalue weighted by atomic mass is 10.1. The van der Waals surface area contributed by atoms with Gasteiger partial charge in [-0.05, 0) is 6.42 Å². The fourth-order valence-corrected chi connectivity index (χ4v) is 0.758. The highest BCUT2D eigenvalue weighted by Crippen LogP contribution is 1.99. The van der Waals surface area contributed by atoms with Gasteiger partial charge >= 0.3 is 0 Å². The first-order valence-corrected chi connectivity index (χ1v) is 4.52. The Bertz CT molecular complexity index is 190. The van der Waals surface area contributed by atoms with Gasteiger partial charge in [-0.25, -0.2) is 0 Å². The van der Waals surface area contributed by atoms with Gasteiger partial charge in [0.15, 0.2) is 0 Å². The topological polar surface area (TPSA) is 72.2 Å². The van der Waals surface area contributed by atoms with Crippen LogP contribution in [-0.2, 0) is 9.59 Å². The minimum absolute atomic E-state index is 0.0103. The van der Waals surface area contributed by atoms with Gasteiger partial charge in [-0.1, -0.05) is 20.8 Å². The smallest absolute Gasteiger partial charge is 0.222 e. The molecule has 0 radical (unpaired) electrons. The third-order valence-corrected chi connectivity index (χ3v) is 1.89. The number of hydrogen-bond acceptors (Lipinski definition) is 2. The van der Waals surface area contributed by atoms with E-state index in [0.29, 0.717) is 13.0 Å². The number of rotatable bonds is 5. The third-order valence-electron chi connectivity index (χ3n) is 1.89. The van der Waals surface area contributed by atoms with E-state index < -0.39 is 0 Å². The van der Waals surface area contributed by atoms with Crippen LogP contribution in [-0.4, -0.2) is 18.4 Å². The summed E-state index contributed by atoms with van der Waals surface area (Å²) >= 11 is 0. The molecule has 0 spiro atoms. The van der Waals surface area contributed by atoms with E-state index in [1.807, 2.05) is 13.8 Å². The van der Waals surface area contributed by atoms with Crippen LogP contribution in [0, 0.1) is 11.8 Å². The van der Waals surface area contributed by atoms with Crippen LogP contribution in [0.25, 0.3) is 0 Å². The Morgan fingerprint density at radius 2 is 1.85 bits per heavy atom. The van der Waals surface area contributed by atoms with Crippen molar-refractivity contribution in [3.8, 4) is 0 Å². The molecule has 4 heteroatoms. The number of primary amides is 1. The Balaban J connectivity index is 3.56. The fourth-order valence-electron chi connectivity index (χ4n) is 0.758. The Labute approximate surface area is 78.9 Å². The second-order valence-electron chi connectivity index (χ2n) is 3.54. The van der Waals surface area contributed by atoms with E-state index in [9.17, 15) is 9.59 Å². The molecule has 4 nitrogen and oxygen atoms in total. The molecular formula is C9H18N2O2. The standard InChI is InChI=1S/C9H18N2O2/c1-6(2)9(13)11-5-4-7(3)8(10)12/h6-7H,4-5H2,1-3H3,(H2,10,12)(H,11,13). The SMILES string of the molecule is CC(C)C(=O)NCCC(C)C(N)=O. The first kappa shape index (κ1) is 11.9. The third kappa shape index (κ3) is 5.22. The normalized spacial score (nSPS) is 12.6. The Kier molecular flexibility index (Phi) is 5.11. The van der Waals surface area contributed by atoms with Crippen LogP contribution in [0.1, 0.15) is 27.2 Å². The maximum Gasteiger partial charge on any atom is 0.222 e. The summed E-state index contributed by atoms with van der Waals surface area (Å²) in [5.41, 5.74) is 5.06. The van der Waals surface area contributed by atoms with E-state index in [-0.39, 0.29) is 23.7 Å². The highest BCUT2D eigenvalue weighted by atomic mass is 16.2. The van der Waals surface area contributed by atoms with Crippen LogP contribution in [0.15, 0.2) is 0 Å². The number of carbonyl (C=O) groups excluding carboxylic acids is 2. The van der Waals surface area contributed by atoms with Gasteiger partial charge in [0.05, 0.1) is 0 Å². The molecule has 76 valence electrons. The Morgan fingerprint density at radius 1 is 1.31 bits per heavy atom. The van der Waals surface area contributed by atoms with Crippen LogP contribution >= 0.6 is 0 Å². The van der Waals surface area contributed by atoms with Crippen molar-refractivity contribution in [2.45, 2.75) is 27.2 Å². The average Bonchev–Trinajstić information content (AvgIpc) is 2.03. The summed E-state index contributed by atoms with van der Waals surface area (Å²) < 4.78 is 0. The molecule has 0 heterocycles. The quantitative estimate of drug-likeness (QED) is 0.647. The molecule has 0 fully saturated rings. The van der Waals surface area contributed by atoms with E-state index >= 15 is 0 Å². The molecule has 0 saturated heterocycles. The van der Waals surface area contributed by atoms with Crippen molar-refractivity contribution < 1.29 is 9.59 Å². The summed E-state index contributed by atoms with van der Waals surface area (Å²) in [6.45, 7) is 5.92. The molecule has 0 aliphatic rings. The van der Waals surface area contributed by atoms with Crippen LogP contribution < -0.4 is 11.1 Å². The Morgan fingerprint density at radius 3 is 2.23 bits per heavy atom. The predicted octanol–water partition coefficient (Wildman–Crippen LogP) is 0.270. The van der Waals surface area contributed by atoms with Crippen molar-refractivity contribution >= 4 is 11.8 Å². The highest BCUT2D eigenvalue weighted by Gasteiger charge is 2.10. The molecule has 0 saturated carbocycles. The molecule has 1 unspecified atom stereocenters. The van der Waals surface area contributed by atoms with E-state index in [1.165, 1.54) is 0 Å². The first-order chi connectivity index (χ1) is 5.95. The van der Waals surface area contributed by atoms with Crippen molar-refractivity contribution in [3.63, 3.8) is 0 Å². The lowest BCUT2D eigenvalue weighted by molar-refractivity contribution is -0.125. The van der Waals surface area contributed by atoms with Crippen LogP contribution in [0.5, 0.6) is 0 Å². The van der Waals surface area contributed by atoms with E-state index in [2.05, 4.69) is 5.32 Å². The van der Waals surface area contributed by atoms with Crippen LogP contribution in [0.3, 0.4) is 0 Å². The number of carbonyl (C=O) groups is 2. The molecule has 0 aliphatic heterocycles. The predicted molar refractivity (Wildman–Crippen MR) is 50.8 cm³/mol.